The lowest BCUT2D eigenvalue weighted by Crippen LogP contribution is -2.20. The maximum Gasteiger partial charge on any atom is 0.262 e. The van der Waals surface area contributed by atoms with Crippen LogP contribution in [-0.4, -0.2) is 18.4 Å². The van der Waals surface area contributed by atoms with Crippen molar-refractivity contribution in [1.82, 2.24) is 0 Å². The maximum absolute atomic E-state index is 12.6. The summed E-state index contributed by atoms with van der Waals surface area (Å²) in [6.07, 6.45) is 0. The molecule has 1 heterocycles. The summed E-state index contributed by atoms with van der Waals surface area (Å²) in [6, 6.07) is 18.0. The van der Waals surface area contributed by atoms with E-state index in [0.29, 0.717) is 34.2 Å². The standard InChI is InChI=1S/C23H20N2O4/c1-14-7-9-21-18(11-14)25-23(27)17-12-16(8-10-20(17)29-21)24-22(26)13-28-19-6-4-3-5-15(19)2/h3-12H,13H2,1-2H3,(H,24,26)(H,25,27). The molecule has 6 heteroatoms. The SMILES string of the molecule is Cc1ccc2c(c1)NC(=O)c1cc(NC(=O)COc3ccccc3C)ccc1O2. The first kappa shape index (κ1) is 18.6. The third-order valence-corrected chi connectivity index (χ3v) is 4.56. The number of para-hydroxylation sites is 1. The topological polar surface area (TPSA) is 76.7 Å². The Kier molecular flexibility index (Phi) is 4.91. The molecule has 146 valence electrons. The lowest BCUT2D eigenvalue weighted by molar-refractivity contribution is -0.118. The first-order valence-electron chi connectivity index (χ1n) is 9.22. The quantitative estimate of drug-likeness (QED) is 0.680. The molecule has 0 spiro atoms. The number of anilines is 2. The molecular formula is C23H20N2O4. The lowest BCUT2D eigenvalue weighted by Gasteiger charge is -2.11. The number of ether oxygens (including phenoxy) is 2. The van der Waals surface area contributed by atoms with Crippen molar-refractivity contribution >= 4 is 23.2 Å². The first-order chi connectivity index (χ1) is 14.0. The number of hydrogen-bond donors (Lipinski definition) is 2. The molecule has 0 fully saturated rings. The molecule has 0 atom stereocenters. The number of rotatable bonds is 4. The molecule has 0 aliphatic carbocycles. The van der Waals surface area contributed by atoms with Crippen molar-refractivity contribution in [3.63, 3.8) is 0 Å². The van der Waals surface area contributed by atoms with Crippen molar-refractivity contribution in [2.45, 2.75) is 13.8 Å². The molecule has 2 amide bonds. The molecule has 2 N–H and O–H groups in total. The Bertz CT molecular complexity index is 1110. The molecule has 0 bridgehead atoms. The summed E-state index contributed by atoms with van der Waals surface area (Å²) in [5.41, 5.74) is 3.41. The Balaban J connectivity index is 1.48. The largest absolute Gasteiger partial charge is 0.483 e. The zero-order valence-electron chi connectivity index (χ0n) is 16.1. The summed E-state index contributed by atoms with van der Waals surface area (Å²) < 4.78 is 11.4. The minimum absolute atomic E-state index is 0.130. The van der Waals surface area contributed by atoms with Gasteiger partial charge in [0.15, 0.2) is 12.4 Å². The van der Waals surface area contributed by atoms with Crippen molar-refractivity contribution < 1.29 is 19.1 Å². The average Bonchev–Trinajstić information content (AvgIpc) is 2.83. The molecule has 1 aliphatic rings. The highest BCUT2D eigenvalue weighted by Gasteiger charge is 2.21. The van der Waals surface area contributed by atoms with Crippen molar-refractivity contribution in [2.75, 3.05) is 17.2 Å². The van der Waals surface area contributed by atoms with Gasteiger partial charge in [0.05, 0.1) is 11.3 Å². The number of benzene rings is 3. The van der Waals surface area contributed by atoms with Crippen molar-refractivity contribution in [3.8, 4) is 17.2 Å². The van der Waals surface area contributed by atoms with Crippen LogP contribution in [0.15, 0.2) is 60.7 Å². The highest BCUT2D eigenvalue weighted by atomic mass is 16.5. The molecule has 0 saturated carbocycles. The second kappa shape index (κ2) is 7.67. The third kappa shape index (κ3) is 4.06. The number of fused-ring (bicyclic) bond motifs is 2. The van der Waals surface area contributed by atoms with Gasteiger partial charge < -0.3 is 20.1 Å². The van der Waals surface area contributed by atoms with E-state index in [0.717, 1.165) is 11.1 Å². The Labute approximate surface area is 168 Å². The van der Waals surface area contributed by atoms with Crippen LogP contribution in [0.1, 0.15) is 21.5 Å². The second-order valence-corrected chi connectivity index (χ2v) is 6.87. The second-order valence-electron chi connectivity index (χ2n) is 6.87. The van der Waals surface area contributed by atoms with E-state index in [1.807, 2.05) is 56.3 Å². The number of carbonyl (C=O) groups is 2. The number of carbonyl (C=O) groups excluding carboxylic acids is 2. The zero-order chi connectivity index (χ0) is 20.4. The molecule has 0 aromatic heterocycles. The molecule has 29 heavy (non-hydrogen) atoms. The summed E-state index contributed by atoms with van der Waals surface area (Å²) in [5.74, 6) is 1.05. The number of aryl methyl sites for hydroxylation is 2. The third-order valence-electron chi connectivity index (χ3n) is 4.56. The summed E-state index contributed by atoms with van der Waals surface area (Å²) in [6.45, 7) is 3.73. The van der Waals surface area contributed by atoms with Crippen LogP contribution in [0.25, 0.3) is 0 Å². The highest BCUT2D eigenvalue weighted by molar-refractivity contribution is 6.09. The predicted molar refractivity (Wildman–Crippen MR) is 111 cm³/mol. The molecule has 4 rings (SSSR count). The minimum atomic E-state index is -0.318. The van der Waals surface area contributed by atoms with E-state index in [4.69, 9.17) is 9.47 Å². The molecule has 6 nitrogen and oxygen atoms in total. The molecule has 0 radical (unpaired) electrons. The van der Waals surface area contributed by atoms with Crippen LogP contribution in [0.3, 0.4) is 0 Å². The van der Waals surface area contributed by atoms with Gasteiger partial charge in [0, 0.05) is 5.69 Å². The average molecular weight is 388 g/mol. The van der Waals surface area contributed by atoms with Gasteiger partial charge in [-0.2, -0.15) is 0 Å². The van der Waals surface area contributed by atoms with Gasteiger partial charge in [0.1, 0.15) is 11.5 Å². The van der Waals surface area contributed by atoms with Crippen LogP contribution < -0.4 is 20.1 Å². The van der Waals surface area contributed by atoms with Crippen molar-refractivity contribution in [3.05, 3.63) is 77.4 Å². The van der Waals surface area contributed by atoms with Crippen LogP contribution in [0.4, 0.5) is 11.4 Å². The summed E-state index contributed by atoms with van der Waals surface area (Å²) in [4.78, 5) is 24.9. The molecule has 0 unspecified atom stereocenters. The Morgan fingerprint density at radius 1 is 1.03 bits per heavy atom. The smallest absolute Gasteiger partial charge is 0.262 e. The van der Waals surface area contributed by atoms with E-state index < -0.39 is 0 Å². The van der Waals surface area contributed by atoms with Gasteiger partial charge in [-0.3, -0.25) is 9.59 Å². The Morgan fingerprint density at radius 2 is 1.83 bits per heavy atom. The first-order valence-corrected chi connectivity index (χ1v) is 9.22. The normalized spacial score (nSPS) is 12.0. The molecule has 3 aromatic carbocycles. The monoisotopic (exact) mass is 388 g/mol. The van der Waals surface area contributed by atoms with Gasteiger partial charge >= 0.3 is 0 Å². The van der Waals surface area contributed by atoms with Crippen LogP contribution in [-0.2, 0) is 4.79 Å². The van der Waals surface area contributed by atoms with Crippen LogP contribution in [0.2, 0.25) is 0 Å². The van der Waals surface area contributed by atoms with Crippen LogP contribution in [0.5, 0.6) is 17.2 Å². The molecule has 1 aliphatic heterocycles. The lowest BCUT2D eigenvalue weighted by atomic mass is 10.1. The van der Waals surface area contributed by atoms with Gasteiger partial charge in [-0.1, -0.05) is 24.3 Å². The van der Waals surface area contributed by atoms with Crippen LogP contribution >= 0.6 is 0 Å². The molecular weight excluding hydrogens is 368 g/mol. The molecule has 3 aromatic rings. The fraction of sp³-hybridized carbons (Fsp3) is 0.130. The maximum atomic E-state index is 12.6. The van der Waals surface area contributed by atoms with E-state index in [1.54, 1.807) is 18.2 Å². The summed E-state index contributed by atoms with van der Waals surface area (Å²) >= 11 is 0. The van der Waals surface area contributed by atoms with E-state index in [2.05, 4.69) is 10.6 Å². The molecule has 0 saturated heterocycles. The summed E-state index contributed by atoms with van der Waals surface area (Å²) in [7, 11) is 0. The van der Waals surface area contributed by atoms with E-state index >= 15 is 0 Å². The van der Waals surface area contributed by atoms with E-state index in [-0.39, 0.29) is 18.4 Å². The van der Waals surface area contributed by atoms with Gasteiger partial charge in [0.2, 0.25) is 0 Å². The Morgan fingerprint density at radius 3 is 2.66 bits per heavy atom. The van der Waals surface area contributed by atoms with Gasteiger partial charge in [-0.25, -0.2) is 0 Å². The van der Waals surface area contributed by atoms with Crippen LogP contribution in [0, 0.1) is 13.8 Å². The number of amides is 2. The van der Waals surface area contributed by atoms with Crippen molar-refractivity contribution in [1.29, 1.82) is 0 Å². The van der Waals surface area contributed by atoms with Gasteiger partial charge in [-0.05, 0) is 61.4 Å². The van der Waals surface area contributed by atoms with E-state index in [9.17, 15) is 9.59 Å². The number of nitrogens with one attached hydrogen (secondary N) is 2. The highest BCUT2D eigenvalue weighted by Crippen LogP contribution is 2.37. The number of hydrogen-bond acceptors (Lipinski definition) is 4. The van der Waals surface area contributed by atoms with Gasteiger partial charge in [0.25, 0.3) is 11.8 Å². The summed E-state index contributed by atoms with van der Waals surface area (Å²) in [5, 5.41) is 5.61. The van der Waals surface area contributed by atoms with Gasteiger partial charge in [-0.15, -0.1) is 0 Å². The Hall–Kier alpha value is -3.80. The minimum Gasteiger partial charge on any atom is -0.483 e. The van der Waals surface area contributed by atoms with E-state index in [1.165, 1.54) is 0 Å². The zero-order valence-corrected chi connectivity index (χ0v) is 16.1. The fourth-order valence-electron chi connectivity index (χ4n) is 3.07. The predicted octanol–water partition coefficient (Wildman–Crippen LogP) is 4.68. The van der Waals surface area contributed by atoms with Crippen molar-refractivity contribution in [2.24, 2.45) is 0 Å². The fourth-order valence-corrected chi connectivity index (χ4v) is 3.07.